The zero-order valence-electron chi connectivity index (χ0n) is 10.0. The van der Waals surface area contributed by atoms with Crippen molar-refractivity contribution in [3.05, 3.63) is 48.2 Å². The van der Waals surface area contributed by atoms with Crippen LogP contribution in [0.25, 0.3) is 23.0 Å². The molecular formula is C13H8F2N4O. The van der Waals surface area contributed by atoms with Gasteiger partial charge in [0.2, 0.25) is 5.82 Å². The van der Waals surface area contributed by atoms with Gasteiger partial charge in [-0.3, -0.25) is 0 Å². The van der Waals surface area contributed by atoms with Crippen LogP contribution in [-0.2, 0) is 0 Å². The van der Waals surface area contributed by atoms with Gasteiger partial charge in [-0.1, -0.05) is 5.16 Å². The number of nitrogens with two attached hydrogens (primary N) is 1. The molecule has 2 N–H and O–H groups in total. The van der Waals surface area contributed by atoms with E-state index in [1.807, 2.05) is 0 Å². The summed E-state index contributed by atoms with van der Waals surface area (Å²) in [5.41, 5.74) is 6.68. The van der Waals surface area contributed by atoms with Crippen molar-refractivity contribution in [1.29, 1.82) is 0 Å². The lowest BCUT2D eigenvalue weighted by Crippen LogP contribution is -1.91. The smallest absolute Gasteiger partial charge is 0.260 e. The minimum Gasteiger partial charge on any atom is -0.398 e. The first-order valence-electron chi connectivity index (χ1n) is 5.64. The molecule has 0 fully saturated rings. The number of hydrogen-bond acceptors (Lipinski definition) is 5. The standard InChI is InChI=1S/C13H8F2N4O/c14-7-1-3-10(16)9(5-7)13-18-12(19-20-13)11-4-2-8(15)6-17-11/h1-6H,16H2. The Balaban J connectivity index is 2.01. The Labute approximate surface area is 112 Å². The second kappa shape index (κ2) is 4.69. The molecule has 100 valence electrons. The number of nitrogen functional groups attached to an aromatic ring is 1. The van der Waals surface area contributed by atoms with E-state index < -0.39 is 11.6 Å². The number of benzene rings is 1. The van der Waals surface area contributed by atoms with Crippen molar-refractivity contribution in [2.75, 3.05) is 5.73 Å². The van der Waals surface area contributed by atoms with E-state index in [0.717, 1.165) is 6.20 Å². The van der Waals surface area contributed by atoms with E-state index in [0.29, 0.717) is 16.9 Å². The highest BCUT2D eigenvalue weighted by molar-refractivity contribution is 5.71. The van der Waals surface area contributed by atoms with Gasteiger partial charge in [-0.25, -0.2) is 13.8 Å². The Hall–Kier alpha value is -2.83. The molecule has 2 heterocycles. The third-order valence-corrected chi connectivity index (χ3v) is 2.63. The molecule has 0 saturated heterocycles. The highest BCUT2D eigenvalue weighted by atomic mass is 19.1. The molecule has 0 aliphatic rings. The number of aromatic nitrogens is 3. The Morgan fingerprint density at radius 3 is 2.60 bits per heavy atom. The van der Waals surface area contributed by atoms with Crippen LogP contribution in [0.5, 0.6) is 0 Å². The van der Waals surface area contributed by atoms with E-state index in [1.54, 1.807) is 0 Å². The fourth-order valence-electron chi connectivity index (χ4n) is 1.66. The average Bonchev–Trinajstić information content (AvgIpc) is 2.92. The van der Waals surface area contributed by atoms with E-state index in [1.165, 1.54) is 30.3 Å². The molecule has 0 aliphatic heterocycles. The molecule has 2 aromatic heterocycles. The first-order valence-corrected chi connectivity index (χ1v) is 5.64. The molecule has 3 aromatic rings. The molecule has 0 amide bonds. The predicted molar refractivity (Wildman–Crippen MR) is 67.3 cm³/mol. The van der Waals surface area contributed by atoms with Gasteiger partial charge in [-0.15, -0.1) is 0 Å². The number of rotatable bonds is 2. The molecule has 0 saturated carbocycles. The monoisotopic (exact) mass is 274 g/mol. The second-order valence-corrected chi connectivity index (χ2v) is 4.02. The van der Waals surface area contributed by atoms with E-state index in [4.69, 9.17) is 10.3 Å². The van der Waals surface area contributed by atoms with Crippen LogP contribution in [0, 0.1) is 11.6 Å². The lowest BCUT2D eigenvalue weighted by molar-refractivity contribution is 0.432. The number of nitrogens with zero attached hydrogens (tertiary/aromatic N) is 3. The molecule has 0 unspecified atom stereocenters. The first kappa shape index (κ1) is 12.2. The number of anilines is 1. The van der Waals surface area contributed by atoms with Crippen LogP contribution in [0.4, 0.5) is 14.5 Å². The van der Waals surface area contributed by atoms with Gasteiger partial charge < -0.3 is 10.3 Å². The Bertz CT molecular complexity index is 755. The van der Waals surface area contributed by atoms with Crippen molar-refractivity contribution in [2.45, 2.75) is 0 Å². The van der Waals surface area contributed by atoms with Crippen LogP contribution < -0.4 is 5.73 Å². The summed E-state index contributed by atoms with van der Waals surface area (Å²) < 4.78 is 31.0. The van der Waals surface area contributed by atoms with Crippen LogP contribution >= 0.6 is 0 Å². The van der Waals surface area contributed by atoms with Crippen LogP contribution in [0.2, 0.25) is 0 Å². The highest BCUT2D eigenvalue weighted by Crippen LogP contribution is 2.26. The second-order valence-electron chi connectivity index (χ2n) is 4.02. The van der Waals surface area contributed by atoms with Crippen molar-refractivity contribution >= 4 is 5.69 Å². The van der Waals surface area contributed by atoms with Crippen LogP contribution in [-0.4, -0.2) is 15.1 Å². The fourth-order valence-corrected chi connectivity index (χ4v) is 1.66. The molecule has 20 heavy (non-hydrogen) atoms. The van der Waals surface area contributed by atoms with Crippen molar-refractivity contribution in [3.63, 3.8) is 0 Å². The van der Waals surface area contributed by atoms with Crippen molar-refractivity contribution in [3.8, 4) is 23.0 Å². The Kier molecular flexibility index (Phi) is 2.86. The SMILES string of the molecule is Nc1ccc(F)cc1-c1nc(-c2ccc(F)cn2)no1. The molecule has 3 rings (SSSR count). The maximum Gasteiger partial charge on any atom is 0.260 e. The maximum atomic E-state index is 13.2. The topological polar surface area (TPSA) is 77.8 Å². The molecular weight excluding hydrogens is 266 g/mol. The maximum absolute atomic E-state index is 13.2. The molecule has 7 heteroatoms. The van der Waals surface area contributed by atoms with E-state index in [9.17, 15) is 8.78 Å². The van der Waals surface area contributed by atoms with Crippen LogP contribution in [0.1, 0.15) is 0 Å². The largest absolute Gasteiger partial charge is 0.398 e. The molecule has 0 radical (unpaired) electrons. The zero-order chi connectivity index (χ0) is 14.1. The molecule has 0 aliphatic carbocycles. The van der Waals surface area contributed by atoms with Crippen molar-refractivity contribution in [2.24, 2.45) is 0 Å². The van der Waals surface area contributed by atoms with E-state index >= 15 is 0 Å². The van der Waals surface area contributed by atoms with E-state index in [2.05, 4.69) is 15.1 Å². The van der Waals surface area contributed by atoms with Gasteiger partial charge in [-0.2, -0.15) is 4.98 Å². The van der Waals surface area contributed by atoms with Crippen LogP contribution in [0.3, 0.4) is 0 Å². The average molecular weight is 274 g/mol. The first-order chi connectivity index (χ1) is 9.63. The summed E-state index contributed by atoms with van der Waals surface area (Å²) in [5.74, 6) is -0.688. The van der Waals surface area contributed by atoms with Gasteiger partial charge >= 0.3 is 0 Å². The van der Waals surface area contributed by atoms with Crippen molar-refractivity contribution in [1.82, 2.24) is 15.1 Å². The van der Waals surface area contributed by atoms with Crippen molar-refractivity contribution < 1.29 is 13.3 Å². The summed E-state index contributed by atoms with van der Waals surface area (Å²) in [5, 5.41) is 3.71. The lowest BCUT2D eigenvalue weighted by Gasteiger charge is -1.99. The van der Waals surface area contributed by atoms with E-state index in [-0.39, 0.29) is 11.7 Å². The molecule has 1 aromatic carbocycles. The summed E-state index contributed by atoms with van der Waals surface area (Å²) >= 11 is 0. The summed E-state index contributed by atoms with van der Waals surface area (Å²) in [6, 6.07) is 6.49. The van der Waals surface area contributed by atoms with Gasteiger partial charge in [0.15, 0.2) is 0 Å². The predicted octanol–water partition coefficient (Wildman–Crippen LogP) is 2.66. The summed E-state index contributed by atoms with van der Waals surface area (Å²) in [4.78, 5) is 7.90. The third kappa shape index (κ3) is 2.20. The van der Waals surface area contributed by atoms with Gasteiger partial charge in [0, 0.05) is 5.69 Å². The third-order valence-electron chi connectivity index (χ3n) is 2.63. The highest BCUT2D eigenvalue weighted by Gasteiger charge is 2.14. The zero-order valence-corrected chi connectivity index (χ0v) is 10.0. The van der Waals surface area contributed by atoms with Gasteiger partial charge in [0.05, 0.1) is 11.8 Å². The molecule has 5 nitrogen and oxygen atoms in total. The number of halogens is 2. The Morgan fingerprint density at radius 1 is 1.05 bits per heavy atom. The van der Waals surface area contributed by atoms with Gasteiger partial charge in [-0.05, 0) is 30.3 Å². The number of hydrogen-bond donors (Lipinski definition) is 1. The van der Waals surface area contributed by atoms with Crippen LogP contribution in [0.15, 0.2) is 41.1 Å². The summed E-state index contributed by atoms with van der Waals surface area (Å²) in [7, 11) is 0. The Morgan fingerprint density at radius 2 is 1.85 bits per heavy atom. The minimum atomic E-state index is -0.466. The molecule has 0 atom stereocenters. The van der Waals surface area contributed by atoms with Gasteiger partial charge in [0.25, 0.3) is 5.89 Å². The summed E-state index contributed by atoms with van der Waals surface area (Å²) in [6.45, 7) is 0. The fraction of sp³-hybridized carbons (Fsp3) is 0. The molecule has 0 spiro atoms. The lowest BCUT2D eigenvalue weighted by atomic mass is 10.2. The number of pyridine rings is 1. The normalized spacial score (nSPS) is 10.7. The van der Waals surface area contributed by atoms with Gasteiger partial charge in [0.1, 0.15) is 17.3 Å². The quantitative estimate of drug-likeness (QED) is 0.727. The molecule has 0 bridgehead atoms. The minimum absolute atomic E-state index is 0.0723. The summed E-state index contributed by atoms with van der Waals surface area (Å²) in [6.07, 6.45) is 1.04.